The van der Waals surface area contributed by atoms with Crippen molar-refractivity contribution in [3.8, 4) is 0 Å². The van der Waals surface area contributed by atoms with Gasteiger partial charge in [-0.25, -0.2) is 9.97 Å². The third-order valence-corrected chi connectivity index (χ3v) is 4.13. The fraction of sp³-hybridized carbons (Fsp3) is 0.714. The quantitative estimate of drug-likeness (QED) is 0.879. The normalized spacial score (nSPS) is 24.1. The first kappa shape index (κ1) is 13.6. The average molecular weight is 277 g/mol. The number of anilines is 2. The standard InChI is InChI=1S/C14H23N5O/c1-11-16-13(15-2)9-14(17-11)19-4-3-12(10-19)18-5-7-20-8-6-18/h9,12H,3-8,10H2,1-2H3,(H,15,16,17). The van der Waals surface area contributed by atoms with E-state index in [2.05, 4.69) is 25.1 Å². The Labute approximate surface area is 120 Å². The van der Waals surface area contributed by atoms with Crippen LogP contribution in [0.1, 0.15) is 12.2 Å². The van der Waals surface area contributed by atoms with Crippen LogP contribution in [0.4, 0.5) is 11.6 Å². The molecule has 1 aromatic heterocycles. The summed E-state index contributed by atoms with van der Waals surface area (Å²) in [4.78, 5) is 13.9. The SMILES string of the molecule is CNc1cc(N2CCC(N3CCOCC3)C2)nc(C)n1. The molecule has 2 saturated heterocycles. The molecule has 0 amide bonds. The molecular formula is C14H23N5O. The number of nitrogens with zero attached hydrogens (tertiary/aromatic N) is 4. The highest BCUT2D eigenvalue weighted by Gasteiger charge is 2.29. The van der Waals surface area contributed by atoms with E-state index in [0.29, 0.717) is 6.04 Å². The maximum Gasteiger partial charge on any atom is 0.134 e. The smallest absolute Gasteiger partial charge is 0.134 e. The van der Waals surface area contributed by atoms with Crippen LogP contribution in [-0.2, 0) is 4.74 Å². The van der Waals surface area contributed by atoms with Crippen LogP contribution < -0.4 is 10.2 Å². The molecular weight excluding hydrogens is 254 g/mol. The van der Waals surface area contributed by atoms with Crippen LogP contribution in [-0.4, -0.2) is 67.4 Å². The van der Waals surface area contributed by atoms with Crippen LogP contribution in [0.15, 0.2) is 6.07 Å². The second-order valence-electron chi connectivity index (χ2n) is 5.45. The van der Waals surface area contributed by atoms with Crippen LogP contribution in [0.3, 0.4) is 0 Å². The van der Waals surface area contributed by atoms with Crippen molar-refractivity contribution in [1.82, 2.24) is 14.9 Å². The Bertz CT molecular complexity index is 461. The molecule has 6 heteroatoms. The Hall–Kier alpha value is -1.40. The van der Waals surface area contributed by atoms with E-state index >= 15 is 0 Å². The summed E-state index contributed by atoms with van der Waals surface area (Å²) < 4.78 is 5.43. The average Bonchev–Trinajstić information content (AvgIpc) is 2.97. The number of aryl methyl sites for hydroxylation is 1. The predicted octanol–water partition coefficient (Wildman–Crippen LogP) is 0.738. The van der Waals surface area contributed by atoms with Crippen molar-refractivity contribution in [3.05, 3.63) is 11.9 Å². The number of rotatable bonds is 3. The van der Waals surface area contributed by atoms with Gasteiger partial charge in [-0.15, -0.1) is 0 Å². The maximum atomic E-state index is 5.43. The van der Waals surface area contributed by atoms with E-state index < -0.39 is 0 Å². The van der Waals surface area contributed by atoms with Crippen molar-refractivity contribution >= 4 is 11.6 Å². The van der Waals surface area contributed by atoms with E-state index in [1.54, 1.807) is 0 Å². The van der Waals surface area contributed by atoms with Crippen LogP contribution in [0.5, 0.6) is 0 Å². The van der Waals surface area contributed by atoms with Crippen LogP contribution in [0.25, 0.3) is 0 Å². The molecule has 2 fully saturated rings. The summed E-state index contributed by atoms with van der Waals surface area (Å²) in [6.45, 7) is 7.92. The highest BCUT2D eigenvalue weighted by molar-refractivity contribution is 5.50. The fourth-order valence-electron chi connectivity index (χ4n) is 3.03. The lowest BCUT2D eigenvalue weighted by molar-refractivity contribution is 0.0209. The molecule has 0 radical (unpaired) electrons. The largest absolute Gasteiger partial charge is 0.379 e. The number of aromatic nitrogens is 2. The van der Waals surface area contributed by atoms with Crippen molar-refractivity contribution in [2.45, 2.75) is 19.4 Å². The van der Waals surface area contributed by atoms with Gasteiger partial charge in [0.05, 0.1) is 13.2 Å². The van der Waals surface area contributed by atoms with Crippen molar-refractivity contribution in [3.63, 3.8) is 0 Å². The molecule has 6 nitrogen and oxygen atoms in total. The molecule has 1 N–H and O–H groups in total. The first-order valence-corrected chi connectivity index (χ1v) is 7.36. The molecule has 0 saturated carbocycles. The number of ether oxygens (including phenoxy) is 1. The van der Waals surface area contributed by atoms with Gasteiger partial charge in [-0.05, 0) is 13.3 Å². The fourth-order valence-corrected chi connectivity index (χ4v) is 3.03. The van der Waals surface area contributed by atoms with Gasteiger partial charge >= 0.3 is 0 Å². The number of hydrogen-bond acceptors (Lipinski definition) is 6. The molecule has 0 bridgehead atoms. The highest BCUT2D eigenvalue weighted by atomic mass is 16.5. The Kier molecular flexibility index (Phi) is 4.03. The molecule has 110 valence electrons. The van der Waals surface area contributed by atoms with E-state index in [-0.39, 0.29) is 0 Å². The highest BCUT2D eigenvalue weighted by Crippen LogP contribution is 2.23. The third-order valence-electron chi connectivity index (χ3n) is 4.13. The van der Waals surface area contributed by atoms with Crippen LogP contribution in [0, 0.1) is 6.92 Å². The molecule has 0 spiro atoms. The molecule has 3 heterocycles. The number of hydrogen-bond donors (Lipinski definition) is 1. The van der Waals surface area contributed by atoms with Gasteiger partial charge in [-0.2, -0.15) is 0 Å². The minimum Gasteiger partial charge on any atom is -0.379 e. The van der Waals surface area contributed by atoms with Gasteiger partial charge in [0.25, 0.3) is 0 Å². The summed E-state index contributed by atoms with van der Waals surface area (Å²) >= 11 is 0. The number of morpholine rings is 1. The zero-order chi connectivity index (χ0) is 13.9. The van der Waals surface area contributed by atoms with Gasteiger partial charge in [-0.3, -0.25) is 4.90 Å². The summed E-state index contributed by atoms with van der Waals surface area (Å²) in [5.74, 6) is 2.75. The lowest BCUT2D eigenvalue weighted by Gasteiger charge is -2.32. The van der Waals surface area contributed by atoms with E-state index in [4.69, 9.17) is 4.74 Å². The molecule has 20 heavy (non-hydrogen) atoms. The van der Waals surface area contributed by atoms with Gasteiger partial charge in [-0.1, -0.05) is 0 Å². The summed E-state index contributed by atoms with van der Waals surface area (Å²) in [6, 6.07) is 2.67. The van der Waals surface area contributed by atoms with Crippen molar-refractivity contribution in [2.75, 3.05) is 56.7 Å². The van der Waals surface area contributed by atoms with E-state index in [1.165, 1.54) is 6.42 Å². The molecule has 1 atom stereocenters. The lowest BCUT2D eigenvalue weighted by atomic mass is 10.2. The molecule has 0 aliphatic carbocycles. The summed E-state index contributed by atoms with van der Waals surface area (Å²) in [7, 11) is 1.89. The van der Waals surface area contributed by atoms with Gasteiger partial charge < -0.3 is 15.0 Å². The van der Waals surface area contributed by atoms with Gasteiger partial charge in [0, 0.05) is 45.3 Å². The molecule has 2 aliphatic rings. The van der Waals surface area contributed by atoms with Crippen LogP contribution in [0.2, 0.25) is 0 Å². The monoisotopic (exact) mass is 277 g/mol. The lowest BCUT2D eigenvalue weighted by Crippen LogP contribution is -2.44. The molecule has 2 aliphatic heterocycles. The van der Waals surface area contributed by atoms with Crippen molar-refractivity contribution < 1.29 is 4.74 Å². The molecule has 1 unspecified atom stereocenters. The predicted molar refractivity (Wildman–Crippen MR) is 79.3 cm³/mol. The minimum atomic E-state index is 0.632. The van der Waals surface area contributed by atoms with E-state index in [1.807, 2.05) is 20.0 Å². The van der Waals surface area contributed by atoms with Crippen molar-refractivity contribution in [2.24, 2.45) is 0 Å². The molecule has 3 rings (SSSR count). The summed E-state index contributed by atoms with van der Waals surface area (Å²) in [5, 5.41) is 3.10. The van der Waals surface area contributed by atoms with Crippen molar-refractivity contribution in [1.29, 1.82) is 0 Å². The Morgan fingerprint density at radius 2 is 2.05 bits per heavy atom. The summed E-state index contributed by atoms with van der Waals surface area (Å²) in [6.07, 6.45) is 1.21. The topological polar surface area (TPSA) is 53.5 Å². The Morgan fingerprint density at radius 3 is 2.80 bits per heavy atom. The number of nitrogens with one attached hydrogen (secondary N) is 1. The zero-order valence-electron chi connectivity index (χ0n) is 12.3. The van der Waals surface area contributed by atoms with Gasteiger partial charge in [0.15, 0.2) is 0 Å². The third kappa shape index (κ3) is 2.86. The first-order chi connectivity index (χ1) is 9.76. The second-order valence-corrected chi connectivity index (χ2v) is 5.45. The first-order valence-electron chi connectivity index (χ1n) is 7.36. The second kappa shape index (κ2) is 5.93. The Balaban J connectivity index is 1.68. The van der Waals surface area contributed by atoms with Gasteiger partial charge in [0.1, 0.15) is 17.5 Å². The minimum absolute atomic E-state index is 0.632. The maximum absolute atomic E-state index is 5.43. The molecule has 0 aromatic carbocycles. The molecule has 1 aromatic rings. The van der Waals surface area contributed by atoms with Crippen LogP contribution >= 0.6 is 0 Å². The van der Waals surface area contributed by atoms with E-state index in [0.717, 1.165) is 56.9 Å². The van der Waals surface area contributed by atoms with Gasteiger partial charge in [0.2, 0.25) is 0 Å². The zero-order valence-corrected chi connectivity index (χ0v) is 12.3. The van der Waals surface area contributed by atoms with E-state index in [9.17, 15) is 0 Å². The summed E-state index contributed by atoms with van der Waals surface area (Å²) in [5.41, 5.74) is 0. The Morgan fingerprint density at radius 1 is 1.25 bits per heavy atom.